The molecule has 0 saturated carbocycles. The molecule has 0 aliphatic carbocycles. The van der Waals surface area contributed by atoms with E-state index in [1.54, 1.807) is 28.5 Å². The van der Waals surface area contributed by atoms with Crippen LogP contribution in [0.4, 0.5) is 0 Å². The number of hydrogen-bond acceptors (Lipinski definition) is 6. The number of nitrogens with one attached hydrogen (secondary N) is 1. The van der Waals surface area contributed by atoms with E-state index in [4.69, 9.17) is 4.42 Å². The van der Waals surface area contributed by atoms with Gasteiger partial charge in [-0.1, -0.05) is 0 Å². The van der Waals surface area contributed by atoms with Gasteiger partial charge >= 0.3 is 5.69 Å². The highest BCUT2D eigenvalue weighted by atomic mass is 32.1. The SMILES string of the molecule is CC1CCCCN1C(=O)Cn1c(=O)n(CC(=O)NCc2ccco2)c(=O)c2sccc21. The first-order valence-electron chi connectivity index (χ1n) is 10.2. The second-order valence-electron chi connectivity index (χ2n) is 7.68. The van der Waals surface area contributed by atoms with Gasteiger partial charge < -0.3 is 14.6 Å². The highest BCUT2D eigenvalue weighted by Gasteiger charge is 2.25. The van der Waals surface area contributed by atoms with Gasteiger partial charge in [0.05, 0.1) is 18.3 Å². The fourth-order valence-electron chi connectivity index (χ4n) is 3.92. The summed E-state index contributed by atoms with van der Waals surface area (Å²) in [5.74, 6) is -0.0867. The van der Waals surface area contributed by atoms with Crippen molar-refractivity contribution in [2.75, 3.05) is 6.54 Å². The van der Waals surface area contributed by atoms with Crippen LogP contribution in [0.25, 0.3) is 10.2 Å². The summed E-state index contributed by atoms with van der Waals surface area (Å²) >= 11 is 1.19. The Labute approximate surface area is 181 Å². The van der Waals surface area contributed by atoms with Crippen molar-refractivity contribution in [1.82, 2.24) is 19.4 Å². The zero-order valence-corrected chi connectivity index (χ0v) is 18.0. The van der Waals surface area contributed by atoms with Gasteiger partial charge in [-0.15, -0.1) is 11.3 Å². The summed E-state index contributed by atoms with van der Waals surface area (Å²) in [5.41, 5.74) is -0.773. The maximum atomic E-state index is 13.1. The van der Waals surface area contributed by atoms with Gasteiger partial charge in [0.1, 0.15) is 23.5 Å². The Balaban J connectivity index is 1.61. The third-order valence-corrected chi connectivity index (χ3v) is 6.49. The molecule has 1 aliphatic heterocycles. The van der Waals surface area contributed by atoms with E-state index in [2.05, 4.69) is 5.32 Å². The minimum absolute atomic E-state index is 0.119. The van der Waals surface area contributed by atoms with Gasteiger partial charge in [-0.3, -0.25) is 19.0 Å². The summed E-state index contributed by atoms with van der Waals surface area (Å²) in [6.45, 7) is 2.23. The van der Waals surface area contributed by atoms with Crippen LogP contribution in [-0.4, -0.2) is 38.4 Å². The van der Waals surface area contributed by atoms with Crippen LogP contribution in [0.5, 0.6) is 0 Å². The zero-order valence-electron chi connectivity index (χ0n) is 17.2. The van der Waals surface area contributed by atoms with Gasteiger partial charge in [0.15, 0.2) is 0 Å². The molecule has 0 spiro atoms. The number of hydrogen-bond donors (Lipinski definition) is 1. The lowest BCUT2D eigenvalue weighted by Gasteiger charge is -2.33. The molecule has 3 aromatic heterocycles. The average Bonchev–Trinajstić information content (AvgIpc) is 3.45. The number of rotatable bonds is 6. The molecule has 10 heteroatoms. The van der Waals surface area contributed by atoms with E-state index in [1.165, 1.54) is 22.2 Å². The van der Waals surface area contributed by atoms with Gasteiger partial charge in [0.25, 0.3) is 5.56 Å². The summed E-state index contributed by atoms with van der Waals surface area (Å²) in [7, 11) is 0. The van der Waals surface area contributed by atoms with E-state index in [1.807, 2.05) is 6.92 Å². The third kappa shape index (κ3) is 4.34. The van der Waals surface area contributed by atoms with E-state index in [-0.39, 0.29) is 25.0 Å². The van der Waals surface area contributed by atoms with E-state index in [0.717, 1.165) is 23.8 Å². The maximum Gasteiger partial charge on any atom is 0.332 e. The Morgan fingerprint density at radius 1 is 1.19 bits per heavy atom. The van der Waals surface area contributed by atoms with Gasteiger partial charge in [-0.25, -0.2) is 9.36 Å². The van der Waals surface area contributed by atoms with E-state index < -0.39 is 23.7 Å². The lowest BCUT2D eigenvalue weighted by atomic mass is 10.0. The Kier molecular flexibility index (Phi) is 6.08. The minimum Gasteiger partial charge on any atom is -0.467 e. The first-order chi connectivity index (χ1) is 15.0. The number of aromatic nitrogens is 2. The fourth-order valence-corrected chi connectivity index (χ4v) is 4.76. The lowest BCUT2D eigenvalue weighted by Crippen LogP contribution is -2.47. The highest BCUT2D eigenvalue weighted by Crippen LogP contribution is 2.19. The van der Waals surface area contributed by atoms with Crippen LogP contribution in [0.15, 0.2) is 43.8 Å². The number of nitrogens with zero attached hydrogens (tertiary/aromatic N) is 3. The Morgan fingerprint density at radius 3 is 2.77 bits per heavy atom. The number of carbonyl (C=O) groups is 2. The molecule has 2 amide bonds. The molecule has 31 heavy (non-hydrogen) atoms. The number of amides is 2. The molecule has 1 N–H and O–H groups in total. The zero-order chi connectivity index (χ0) is 22.0. The monoisotopic (exact) mass is 444 g/mol. The van der Waals surface area contributed by atoms with Crippen molar-refractivity contribution in [3.05, 3.63) is 56.4 Å². The number of piperidine rings is 1. The molecule has 1 atom stereocenters. The molecule has 9 nitrogen and oxygen atoms in total. The van der Waals surface area contributed by atoms with Crippen LogP contribution in [-0.2, 0) is 29.2 Å². The van der Waals surface area contributed by atoms with Crippen molar-refractivity contribution in [1.29, 1.82) is 0 Å². The molecule has 0 aromatic carbocycles. The molecule has 4 heterocycles. The summed E-state index contributed by atoms with van der Waals surface area (Å²) in [6.07, 6.45) is 4.45. The van der Waals surface area contributed by atoms with Crippen LogP contribution < -0.4 is 16.6 Å². The smallest absolute Gasteiger partial charge is 0.332 e. The third-order valence-electron chi connectivity index (χ3n) is 5.59. The molecule has 1 fully saturated rings. The Hall–Kier alpha value is -3.14. The number of thiophene rings is 1. The van der Waals surface area contributed by atoms with Crippen molar-refractivity contribution in [3.63, 3.8) is 0 Å². The summed E-state index contributed by atoms with van der Waals surface area (Å²) in [5, 5.41) is 4.34. The minimum atomic E-state index is -0.665. The number of furan rings is 1. The summed E-state index contributed by atoms with van der Waals surface area (Å²) in [4.78, 5) is 53.1. The largest absolute Gasteiger partial charge is 0.467 e. The predicted octanol–water partition coefficient (Wildman–Crippen LogP) is 1.54. The quantitative estimate of drug-likeness (QED) is 0.621. The van der Waals surface area contributed by atoms with Crippen LogP contribution in [0.1, 0.15) is 31.9 Å². The second kappa shape index (κ2) is 8.93. The molecule has 4 rings (SSSR count). The Bertz CT molecular complexity index is 1210. The maximum absolute atomic E-state index is 13.1. The van der Waals surface area contributed by atoms with Crippen LogP contribution in [0.3, 0.4) is 0 Å². The Morgan fingerprint density at radius 2 is 2.03 bits per heavy atom. The fraction of sp³-hybridized carbons (Fsp3) is 0.429. The normalized spacial score (nSPS) is 16.5. The number of likely N-dealkylation sites (tertiary alicyclic amines) is 1. The predicted molar refractivity (Wildman–Crippen MR) is 116 cm³/mol. The van der Waals surface area contributed by atoms with Crippen LogP contribution >= 0.6 is 11.3 Å². The van der Waals surface area contributed by atoms with Crippen molar-refractivity contribution in [3.8, 4) is 0 Å². The van der Waals surface area contributed by atoms with Gasteiger partial charge in [-0.05, 0) is 49.8 Å². The van der Waals surface area contributed by atoms with Crippen molar-refractivity contribution in [2.45, 2.75) is 51.9 Å². The van der Waals surface area contributed by atoms with Gasteiger partial charge in [0.2, 0.25) is 11.8 Å². The van der Waals surface area contributed by atoms with Crippen LogP contribution in [0.2, 0.25) is 0 Å². The van der Waals surface area contributed by atoms with E-state index in [9.17, 15) is 19.2 Å². The molecular weight excluding hydrogens is 420 g/mol. The standard InChI is InChI=1S/C21H24N4O5S/c1-14-5-2-3-8-23(14)18(27)13-24-16-7-10-31-19(16)20(28)25(21(24)29)12-17(26)22-11-15-6-4-9-30-15/h4,6-7,9-10,14H,2-3,5,8,11-13H2,1H3,(H,22,26). The van der Waals surface area contributed by atoms with E-state index in [0.29, 0.717) is 22.5 Å². The molecule has 0 radical (unpaired) electrons. The van der Waals surface area contributed by atoms with Crippen molar-refractivity contribution < 1.29 is 14.0 Å². The topological polar surface area (TPSA) is 107 Å². The molecule has 1 unspecified atom stereocenters. The lowest BCUT2D eigenvalue weighted by molar-refractivity contribution is -0.135. The van der Waals surface area contributed by atoms with Gasteiger partial charge in [0, 0.05) is 12.6 Å². The first kappa shape index (κ1) is 21.1. The molecular formula is C21H24N4O5S. The summed E-state index contributed by atoms with van der Waals surface area (Å²) < 4.78 is 7.71. The van der Waals surface area contributed by atoms with Gasteiger partial charge in [-0.2, -0.15) is 0 Å². The van der Waals surface area contributed by atoms with Crippen LogP contribution in [0, 0.1) is 0 Å². The summed E-state index contributed by atoms with van der Waals surface area (Å²) in [6, 6.07) is 5.20. The van der Waals surface area contributed by atoms with E-state index >= 15 is 0 Å². The molecule has 0 bridgehead atoms. The second-order valence-corrected chi connectivity index (χ2v) is 8.60. The first-order valence-corrected chi connectivity index (χ1v) is 11.1. The number of fused-ring (bicyclic) bond motifs is 1. The molecule has 1 saturated heterocycles. The van der Waals surface area contributed by atoms with Crippen molar-refractivity contribution >= 4 is 33.4 Å². The highest BCUT2D eigenvalue weighted by molar-refractivity contribution is 7.17. The average molecular weight is 445 g/mol. The molecule has 164 valence electrons. The molecule has 1 aliphatic rings. The molecule has 3 aromatic rings. The number of carbonyl (C=O) groups excluding carboxylic acids is 2. The van der Waals surface area contributed by atoms with Crippen molar-refractivity contribution in [2.24, 2.45) is 0 Å².